The lowest BCUT2D eigenvalue weighted by molar-refractivity contribution is 0.0952. The maximum atomic E-state index is 12.5. The molecule has 0 aromatic heterocycles. The maximum Gasteiger partial charge on any atom is 0.183 e. The van der Waals surface area contributed by atoms with E-state index in [2.05, 4.69) is 0 Å². The number of hydrogen-bond donors (Lipinski definition) is 0. The Morgan fingerprint density at radius 3 is 1.78 bits per heavy atom. The smallest absolute Gasteiger partial charge is 0.183 e. The fourth-order valence-corrected chi connectivity index (χ4v) is 3.72. The van der Waals surface area contributed by atoms with Gasteiger partial charge in [-0.15, -0.1) is 0 Å². The summed E-state index contributed by atoms with van der Waals surface area (Å²) in [7, 11) is -3.57. The summed E-state index contributed by atoms with van der Waals surface area (Å²) < 4.78 is 22.6. The van der Waals surface area contributed by atoms with Crippen LogP contribution < -0.4 is 0 Å². The first-order valence-electron chi connectivity index (χ1n) is 5.86. The van der Waals surface area contributed by atoms with Crippen LogP contribution in [0, 0.1) is 0 Å². The van der Waals surface area contributed by atoms with Crippen molar-refractivity contribution in [1.29, 1.82) is 0 Å². The molecule has 0 bridgehead atoms. The van der Waals surface area contributed by atoms with Crippen LogP contribution >= 0.6 is 0 Å². The van der Waals surface area contributed by atoms with Crippen LogP contribution in [0.1, 0.15) is 45.0 Å². The topological polar surface area (TPSA) is 51.2 Å². The number of carbonyl (C=O) groups is 1. The van der Waals surface area contributed by atoms with Gasteiger partial charge in [-0.25, -0.2) is 8.42 Å². The Hall–Kier alpha value is -1.16. The van der Waals surface area contributed by atoms with E-state index in [4.69, 9.17) is 0 Å². The van der Waals surface area contributed by atoms with Crippen LogP contribution in [-0.2, 0) is 9.84 Å². The molecule has 1 aromatic carbocycles. The molecule has 4 heteroatoms. The molecular formula is C14H20O3S. The van der Waals surface area contributed by atoms with Gasteiger partial charge in [0.05, 0.1) is 4.75 Å². The van der Waals surface area contributed by atoms with E-state index in [1.54, 1.807) is 51.1 Å². The van der Waals surface area contributed by atoms with Crippen LogP contribution in [0.25, 0.3) is 0 Å². The fraction of sp³-hybridized carbons (Fsp3) is 0.500. The zero-order chi connectivity index (χ0) is 14.2. The largest absolute Gasteiger partial charge is 0.292 e. The van der Waals surface area contributed by atoms with Gasteiger partial charge in [0.1, 0.15) is 4.75 Å². The summed E-state index contributed by atoms with van der Waals surface area (Å²) >= 11 is 0. The molecule has 0 atom stereocenters. The molecule has 0 saturated carbocycles. The molecule has 0 N–H and O–H groups in total. The highest BCUT2D eigenvalue weighted by Gasteiger charge is 2.48. The monoisotopic (exact) mass is 268 g/mol. The molecule has 0 saturated heterocycles. The molecule has 0 heterocycles. The van der Waals surface area contributed by atoms with E-state index in [1.807, 2.05) is 0 Å². The van der Waals surface area contributed by atoms with Crippen molar-refractivity contribution >= 4 is 15.6 Å². The van der Waals surface area contributed by atoms with Crippen molar-refractivity contribution < 1.29 is 13.2 Å². The van der Waals surface area contributed by atoms with Crippen molar-refractivity contribution in [2.75, 3.05) is 0 Å². The lowest BCUT2D eigenvalue weighted by atomic mass is 10.0. The number of ketones is 1. The Kier molecular flexibility index (Phi) is 3.73. The van der Waals surface area contributed by atoms with Gasteiger partial charge in [0.2, 0.25) is 0 Å². The van der Waals surface area contributed by atoms with E-state index in [-0.39, 0.29) is 5.78 Å². The molecular weight excluding hydrogens is 248 g/mol. The van der Waals surface area contributed by atoms with E-state index in [1.165, 1.54) is 13.8 Å². The van der Waals surface area contributed by atoms with Crippen molar-refractivity contribution in [2.45, 2.75) is 44.1 Å². The van der Waals surface area contributed by atoms with Crippen LogP contribution in [0.15, 0.2) is 30.3 Å². The van der Waals surface area contributed by atoms with Crippen molar-refractivity contribution in [1.82, 2.24) is 0 Å². The molecule has 0 fully saturated rings. The van der Waals surface area contributed by atoms with Gasteiger partial charge < -0.3 is 0 Å². The average Bonchev–Trinajstić information content (AvgIpc) is 2.27. The first-order chi connectivity index (χ1) is 8.02. The molecule has 0 aliphatic rings. The molecule has 3 nitrogen and oxygen atoms in total. The van der Waals surface area contributed by atoms with Gasteiger partial charge in [-0.3, -0.25) is 4.79 Å². The second-order valence-electron chi connectivity index (χ2n) is 5.82. The van der Waals surface area contributed by atoms with E-state index in [0.29, 0.717) is 5.56 Å². The number of carbonyl (C=O) groups excluding carboxylic acids is 1. The highest BCUT2D eigenvalue weighted by atomic mass is 32.2. The van der Waals surface area contributed by atoms with E-state index < -0.39 is 19.3 Å². The van der Waals surface area contributed by atoms with Crippen molar-refractivity contribution in [2.24, 2.45) is 0 Å². The van der Waals surface area contributed by atoms with E-state index >= 15 is 0 Å². The van der Waals surface area contributed by atoms with Crippen LogP contribution in [0.5, 0.6) is 0 Å². The molecule has 1 rings (SSSR count). The number of hydrogen-bond acceptors (Lipinski definition) is 3. The Labute approximate surface area is 109 Å². The highest BCUT2D eigenvalue weighted by molar-refractivity contribution is 7.94. The number of rotatable bonds is 3. The number of sulfone groups is 1. The van der Waals surface area contributed by atoms with Gasteiger partial charge in [0, 0.05) is 5.56 Å². The quantitative estimate of drug-likeness (QED) is 0.792. The molecule has 0 unspecified atom stereocenters. The van der Waals surface area contributed by atoms with Crippen molar-refractivity contribution in [3.05, 3.63) is 35.9 Å². The third-order valence-corrected chi connectivity index (χ3v) is 6.20. The first kappa shape index (κ1) is 14.9. The van der Waals surface area contributed by atoms with Crippen LogP contribution in [0.4, 0.5) is 0 Å². The standard InChI is InChI=1S/C14H20O3S/c1-13(2,3)18(16,17)14(4,5)12(15)11-9-7-6-8-10-11/h6-10H,1-5H3. The predicted molar refractivity (Wildman–Crippen MR) is 73.5 cm³/mol. The lowest BCUT2D eigenvalue weighted by Crippen LogP contribution is -2.49. The van der Waals surface area contributed by atoms with Crippen LogP contribution in [0.3, 0.4) is 0 Å². The van der Waals surface area contributed by atoms with Gasteiger partial charge in [-0.1, -0.05) is 30.3 Å². The third-order valence-electron chi connectivity index (χ3n) is 3.06. The summed E-state index contributed by atoms with van der Waals surface area (Å²) in [5, 5.41) is 0. The molecule has 0 aliphatic carbocycles. The van der Waals surface area contributed by atoms with Gasteiger partial charge in [0.15, 0.2) is 15.6 Å². The minimum Gasteiger partial charge on any atom is -0.292 e. The Morgan fingerprint density at radius 2 is 1.39 bits per heavy atom. The normalized spacial score (nSPS) is 13.4. The number of Topliss-reactive ketones (excluding diaryl/α,β-unsaturated/α-hetero) is 1. The second-order valence-corrected chi connectivity index (χ2v) is 9.07. The molecule has 100 valence electrons. The molecule has 1 aromatic rings. The SMILES string of the molecule is CC(C)(C)S(=O)(=O)C(C)(C)C(=O)c1ccccc1. The Bertz CT molecular complexity index is 534. The summed E-state index contributed by atoms with van der Waals surface area (Å²) in [4.78, 5) is 12.4. The predicted octanol–water partition coefficient (Wildman–Crippen LogP) is 2.86. The van der Waals surface area contributed by atoms with Gasteiger partial charge in [-0.2, -0.15) is 0 Å². The maximum absolute atomic E-state index is 12.5. The lowest BCUT2D eigenvalue weighted by Gasteiger charge is -2.31. The minimum absolute atomic E-state index is 0.363. The number of benzene rings is 1. The summed E-state index contributed by atoms with van der Waals surface area (Å²) in [5.41, 5.74) is 0.426. The summed E-state index contributed by atoms with van der Waals surface area (Å²) in [6, 6.07) is 8.53. The first-order valence-corrected chi connectivity index (χ1v) is 7.34. The zero-order valence-electron chi connectivity index (χ0n) is 11.5. The van der Waals surface area contributed by atoms with E-state index in [9.17, 15) is 13.2 Å². The van der Waals surface area contributed by atoms with Gasteiger partial charge in [0.25, 0.3) is 0 Å². The van der Waals surface area contributed by atoms with Gasteiger partial charge >= 0.3 is 0 Å². The van der Waals surface area contributed by atoms with Crippen molar-refractivity contribution in [3.63, 3.8) is 0 Å². The summed E-state index contributed by atoms with van der Waals surface area (Å²) in [6.45, 7) is 7.79. The van der Waals surface area contributed by atoms with Crippen molar-refractivity contribution in [3.8, 4) is 0 Å². The van der Waals surface area contributed by atoms with E-state index in [0.717, 1.165) is 0 Å². The highest BCUT2D eigenvalue weighted by Crippen LogP contribution is 2.31. The molecule has 0 aliphatic heterocycles. The Balaban J connectivity index is 3.29. The second kappa shape index (κ2) is 4.50. The summed E-state index contributed by atoms with van der Waals surface area (Å²) in [6.07, 6.45) is 0. The Morgan fingerprint density at radius 1 is 0.944 bits per heavy atom. The molecule has 18 heavy (non-hydrogen) atoms. The molecule has 0 radical (unpaired) electrons. The fourth-order valence-electron chi connectivity index (χ4n) is 1.82. The zero-order valence-corrected chi connectivity index (χ0v) is 12.3. The van der Waals surface area contributed by atoms with Crippen LogP contribution in [-0.4, -0.2) is 23.7 Å². The minimum atomic E-state index is -3.57. The molecule has 0 spiro atoms. The average molecular weight is 268 g/mol. The van der Waals surface area contributed by atoms with Gasteiger partial charge in [-0.05, 0) is 34.6 Å². The third kappa shape index (κ3) is 2.34. The summed E-state index contributed by atoms with van der Waals surface area (Å²) in [5.74, 6) is -0.363. The van der Waals surface area contributed by atoms with Crippen LogP contribution in [0.2, 0.25) is 0 Å². The molecule has 0 amide bonds.